The zero-order valence-electron chi connectivity index (χ0n) is 18.4. The average molecular weight is 509 g/mol. The number of hydrogen-bond acceptors (Lipinski definition) is 6. The fourth-order valence-corrected chi connectivity index (χ4v) is 5.15. The van der Waals surface area contributed by atoms with Crippen molar-refractivity contribution in [3.63, 3.8) is 0 Å². The van der Waals surface area contributed by atoms with Crippen LogP contribution < -0.4 is 9.64 Å². The first-order valence-electron chi connectivity index (χ1n) is 10.7. The summed E-state index contributed by atoms with van der Waals surface area (Å²) in [7, 11) is 0. The molecule has 1 fully saturated rings. The Hall–Kier alpha value is -3.75. The quantitative estimate of drug-likeness (QED) is 0.200. The number of benzene rings is 3. The van der Waals surface area contributed by atoms with Gasteiger partial charge in [-0.05, 0) is 67.1 Å². The van der Waals surface area contributed by atoms with Crippen LogP contribution in [-0.4, -0.2) is 28.4 Å². The van der Waals surface area contributed by atoms with Gasteiger partial charge < -0.3 is 9.84 Å². The molecule has 2 heterocycles. The standard InChI is InChI=1S/C26H18ClFN2O4S/c1-2-34-18-10-5-15(6-11-18)23(31)21-22(14-3-7-16(27)8-4-14)30(25(33)24(21)32)26-29-19-12-9-17(28)13-20(19)35-26/h3-13,22,31H,2H2,1H3/t22-/m1/s1. The van der Waals surface area contributed by atoms with E-state index in [0.717, 1.165) is 11.3 Å². The summed E-state index contributed by atoms with van der Waals surface area (Å²) in [5, 5.41) is 11.9. The molecule has 1 amide bonds. The Morgan fingerprint density at radius 3 is 2.51 bits per heavy atom. The van der Waals surface area contributed by atoms with Crippen molar-refractivity contribution in [3.05, 3.63) is 94.3 Å². The van der Waals surface area contributed by atoms with Gasteiger partial charge in [-0.2, -0.15) is 0 Å². The molecule has 0 bridgehead atoms. The summed E-state index contributed by atoms with van der Waals surface area (Å²) < 4.78 is 19.7. The van der Waals surface area contributed by atoms with Crippen molar-refractivity contribution in [2.45, 2.75) is 13.0 Å². The number of Topliss-reactive ketones (excluding diaryl/α,β-unsaturated/α-hetero) is 1. The third kappa shape index (κ3) is 4.15. The molecule has 9 heteroatoms. The Bertz CT molecular complexity index is 1480. The van der Waals surface area contributed by atoms with Crippen LogP contribution in [0.25, 0.3) is 16.0 Å². The zero-order chi connectivity index (χ0) is 24.7. The van der Waals surface area contributed by atoms with Crippen molar-refractivity contribution in [2.24, 2.45) is 0 Å². The summed E-state index contributed by atoms with van der Waals surface area (Å²) in [5.41, 5.74) is 1.34. The molecule has 1 N–H and O–H groups in total. The second-order valence-corrected chi connectivity index (χ2v) is 9.23. The number of aliphatic hydroxyl groups excluding tert-OH is 1. The van der Waals surface area contributed by atoms with E-state index in [4.69, 9.17) is 16.3 Å². The fraction of sp³-hybridized carbons (Fsp3) is 0.115. The predicted molar refractivity (Wildman–Crippen MR) is 133 cm³/mol. The molecule has 1 saturated heterocycles. The lowest BCUT2D eigenvalue weighted by molar-refractivity contribution is -0.132. The highest BCUT2D eigenvalue weighted by atomic mass is 35.5. The molecule has 6 nitrogen and oxygen atoms in total. The Balaban J connectivity index is 1.68. The molecule has 35 heavy (non-hydrogen) atoms. The van der Waals surface area contributed by atoms with Gasteiger partial charge in [-0.25, -0.2) is 9.37 Å². The molecule has 0 saturated carbocycles. The fourth-order valence-electron chi connectivity index (χ4n) is 4.01. The summed E-state index contributed by atoms with van der Waals surface area (Å²) in [5.74, 6) is -1.82. The number of aliphatic hydroxyl groups is 1. The number of halogens is 2. The summed E-state index contributed by atoms with van der Waals surface area (Å²) in [6, 6.07) is 16.4. The van der Waals surface area contributed by atoms with Crippen molar-refractivity contribution in [1.82, 2.24) is 4.98 Å². The van der Waals surface area contributed by atoms with Crippen LogP contribution in [0.1, 0.15) is 24.1 Å². The number of anilines is 1. The maximum atomic E-state index is 13.8. The molecule has 0 spiro atoms. The number of thiazole rings is 1. The highest BCUT2D eigenvalue weighted by Crippen LogP contribution is 2.44. The van der Waals surface area contributed by atoms with Crippen molar-refractivity contribution in [2.75, 3.05) is 11.5 Å². The summed E-state index contributed by atoms with van der Waals surface area (Å²) in [6.07, 6.45) is 0. The van der Waals surface area contributed by atoms with Gasteiger partial charge in [0, 0.05) is 10.6 Å². The molecule has 0 unspecified atom stereocenters. The number of ketones is 1. The van der Waals surface area contributed by atoms with Crippen molar-refractivity contribution < 1.29 is 23.8 Å². The smallest absolute Gasteiger partial charge is 0.301 e. The number of hydrogen-bond donors (Lipinski definition) is 1. The third-order valence-corrected chi connectivity index (χ3v) is 6.88. The molecule has 0 aliphatic carbocycles. The van der Waals surface area contributed by atoms with E-state index in [9.17, 15) is 19.1 Å². The first-order chi connectivity index (χ1) is 16.9. The number of nitrogens with zero attached hydrogens (tertiary/aromatic N) is 2. The van der Waals surface area contributed by atoms with E-state index in [0.29, 0.717) is 38.7 Å². The molecule has 4 aromatic rings. The van der Waals surface area contributed by atoms with Gasteiger partial charge in [0.25, 0.3) is 5.78 Å². The van der Waals surface area contributed by atoms with E-state index < -0.39 is 23.5 Å². The van der Waals surface area contributed by atoms with Gasteiger partial charge in [0.2, 0.25) is 0 Å². The van der Waals surface area contributed by atoms with Gasteiger partial charge in [-0.1, -0.05) is 35.1 Å². The minimum Gasteiger partial charge on any atom is -0.507 e. The molecule has 176 valence electrons. The summed E-state index contributed by atoms with van der Waals surface area (Å²) in [6.45, 7) is 2.34. The SMILES string of the molecule is CCOc1ccc(C(O)=C2C(=O)C(=O)N(c3nc4ccc(F)cc4s3)[C@@H]2c2ccc(Cl)cc2)cc1. The molecule has 5 rings (SSSR count). The minimum atomic E-state index is -0.954. The lowest BCUT2D eigenvalue weighted by Gasteiger charge is -2.23. The van der Waals surface area contributed by atoms with E-state index in [1.807, 2.05) is 6.92 Å². The lowest BCUT2D eigenvalue weighted by Crippen LogP contribution is -2.29. The van der Waals surface area contributed by atoms with Crippen LogP contribution in [0.5, 0.6) is 5.75 Å². The number of amides is 1. The topological polar surface area (TPSA) is 79.7 Å². The lowest BCUT2D eigenvalue weighted by atomic mass is 9.95. The van der Waals surface area contributed by atoms with Gasteiger partial charge in [0.15, 0.2) is 5.13 Å². The predicted octanol–water partition coefficient (Wildman–Crippen LogP) is 6.11. The maximum Gasteiger partial charge on any atom is 0.301 e. The van der Waals surface area contributed by atoms with Gasteiger partial charge in [0.05, 0.1) is 28.4 Å². The highest BCUT2D eigenvalue weighted by Gasteiger charge is 2.48. The van der Waals surface area contributed by atoms with Gasteiger partial charge in [-0.15, -0.1) is 0 Å². The van der Waals surface area contributed by atoms with Crippen LogP contribution in [-0.2, 0) is 9.59 Å². The van der Waals surface area contributed by atoms with Gasteiger partial charge in [-0.3, -0.25) is 14.5 Å². The largest absolute Gasteiger partial charge is 0.507 e. The van der Waals surface area contributed by atoms with Crippen LogP contribution >= 0.6 is 22.9 Å². The van der Waals surface area contributed by atoms with Crippen molar-refractivity contribution in [1.29, 1.82) is 0 Å². The molecular weight excluding hydrogens is 491 g/mol. The highest BCUT2D eigenvalue weighted by molar-refractivity contribution is 7.22. The average Bonchev–Trinajstić information content (AvgIpc) is 3.37. The molecular formula is C26H18ClFN2O4S. The van der Waals surface area contributed by atoms with E-state index in [-0.39, 0.29) is 16.5 Å². The van der Waals surface area contributed by atoms with Gasteiger partial charge >= 0.3 is 5.91 Å². The Morgan fingerprint density at radius 2 is 1.83 bits per heavy atom. The van der Waals surface area contributed by atoms with E-state index in [2.05, 4.69) is 4.98 Å². The maximum absolute atomic E-state index is 13.8. The second kappa shape index (κ2) is 9.13. The van der Waals surface area contributed by atoms with Crippen LogP contribution in [0.4, 0.5) is 9.52 Å². The summed E-state index contributed by atoms with van der Waals surface area (Å²) in [4.78, 5) is 32.2. The van der Waals surface area contributed by atoms with Crippen LogP contribution in [0, 0.1) is 5.82 Å². The third-order valence-electron chi connectivity index (χ3n) is 5.61. The number of carbonyl (C=O) groups is 2. The zero-order valence-corrected chi connectivity index (χ0v) is 19.9. The Kier molecular flexibility index (Phi) is 6.00. The Morgan fingerprint density at radius 1 is 1.11 bits per heavy atom. The van der Waals surface area contributed by atoms with Crippen LogP contribution in [0.3, 0.4) is 0 Å². The van der Waals surface area contributed by atoms with Crippen molar-refractivity contribution >= 4 is 55.7 Å². The number of carbonyl (C=O) groups excluding carboxylic acids is 2. The number of fused-ring (bicyclic) bond motifs is 1. The molecule has 0 radical (unpaired) electrons. The van der Waals surface area contributed by atoms with Crippen LogP contribution in [0.15, 0.2) is 72.3 Å². The van der Waals surface area contributed by atoms with E-state index in [1.165, 1.54) is 23.1 Å². The first-order valence-corrected chi connectivity index (χ1v) is 11.9. The first kappa shape index (κ1) is 23.0. The van der Waals surface area contributed by atoms with E-state index >= 15 is 0 Å². The van der Waals surface area contributed by atoms with Gasteiger partial charge in [0.1, 0.15) is 17.3 Å². The second-order valence-electron chi connectivity index (χ2n) is 7.79. The molecule has 1 aliphatic rings. The normalized spacial score (nSPS) is 17.3. The monoisotopic (exact) mass is 508 g/mol. The molecule has 1 aliphatic heterocycles. The number of aromatic nitrogens is 1. The number of rotatable bonds is 5. The minimum absolute atomic E-state index is 0.0769. The molecule has 1 atom stereocenters. The van der Waals surface area contributed by atoms with E-state index in [1.54, 1.807) is 48.5 Å². The molecule has 1 aromatic heterocycles. The summed E-state index contributed by atoms with van der Waals surface area (Å²) >= 11 is 7.15. The molecule has 3 aromatic carbocycles. The van der Waals surface area contributed by atoms with Crippen molar-refractivity contribution in [3.8, 4) is 5.75 Å². The Labute approximate surface area is 208 Å². The number of ether oxygens (including phenoxy) is 1. The van der Waals surface area contributed by atoms with Crippen LogP contribution in [0.2, 0.25) is 5.02 Å².